The molecule has 10 heteroatoms. The van der Waals surface area contributed by atoms with Gasteiger partial charge in [-0.3, -0.25) is 14.6 Å². The van der Waals surface area contributed by atoms with Crippen LogP contribution < -0.4 is 5.32 Å². The van der Waals surface area contributed by atoms with Gasteiger partial charge in [0.25, 0.3) is 0 Å². The van der Waals surface area contributed by atoms with Crippen molar-refractivity contribution in [1.82, 2.24) is 25.1 Å². The van der Waals surface area contributed by atoms with Crippen molar-refractivity contribution >= 4 is 23.6 Å². The molecule has 0 bridgehead atoms. The molecule has 1 aliphatic carbocycles. The maximum atomic E-state index is 13.9. The van der Waals surface area contributed by atoms with Gasteiger partial charge in [0, 0.05) is 43.2 Å². The number of aliphatic imine (C=N–C) groups is 1. The number of carbonyl (C=O) groups excluding carboxylic acids is 3. The molecule has 4 aliphatic rings. The highest BCUT2D eigenvalue weighted by atomic mass is 16.5. The first-order valence-corrected chi connectivity index (χ1v) is 19.6. The minimum atomic E-state index is -0.826. The second-order valence-corrected chi connectivity index (χ2v) is 15.7. The average molecular weight is 719 g/mol. The monoisotopic (exact) mass is 718 g/mol. The zero-order valence-corrected chi connectivity index (χ0v) is 31.6. The molecule has 7 rings (SSSR count). The van der Waals surface area contributed by atoms with E-state index in [9.17, 15) is 14.4 Å². The summed E-state index contributed by atoms with van der Waals surface area (Å²) in [5, 5.41) is 2.75. The molecule has 2 saturated heterocycles. The molecule has 0 spiro atoms. The predicted octanol–water partition coefficient (Wildman–Crippen LogP) is 7.97. The van der Waals surface area contributed by atoms with Crippen LogP contribution in [0.1, 0.15) is 131 Å². The summed E-state index contributed by atoms with van der Waals surface area (Å²) < 4.78 is 4.84. The summed E-state index contributed by atoms with van der Waals surface area (Å²) in [5.74, 6) is 2.39. The molecule has 10 nitrogen and oxygen atoms in total. The van der Waals surface area contributed by atoms with Crippen LogP contribution in [0.3, 0.4) is 0 Å². The summed E-state index contributed by atoms with van der Waals surface area (Å²) >= 11 is 0. The third-order valence-electron chi connectivity index (χ3n) is 12.2. The number of allylic oxidation sites excluding steroid dienone is 1. The fourth-order valence-corrected chi connectivity index (χ4v) is 8.73. The number of hydrogen-bond acceptors (Lipinski definition) is 6. The molecule has 280 valence electrons. The molecule has 0 unspecified atom stereocenters. The number of H-pyrrole nitrogens is 1. The number of imidazole rings is 1. The van der Waals surface area contributed by atoms with Crippen molar-refractivity contribution in [2.45, 2.75) is 109 Å². The molecule has 3 amide bonds. The van der Waals surface area contributed by atoms with Gasteiger partial charge in [0.15, 0.2) is 0 Å². The van der Waals surface area contributed by atoms with E-state index < -0.39 is 12.1 Å². The summed E-state index contributed by atoms with van der Waals surface area (Å²) in [6, 6.07) is 17.4. The minimum absolute atomic E-state index is 0.0209. The summed E-state index contributed by atoms with van der Waals surface area (Å²) in [7, 11) is 1.30. The molecule has 2 N–H and O–H groups in total. The molecule has 4 heterocycles. The molecular formula is C43H54N6O4. The number of alkyl carbamates (subject to hydrolysis) is 1. The van der Waals surface area contributed by atoms with Gasteiger partial charge in [-0.2, -0.15) is 0 Å². The second kappa shape index (κ2) is 16.1. The van der Waals surface area contributed by atoms with Crippen LogP contribution in [0.2, 0.25) is 0 Å². The van der Waals surface area contributed by atoms with E-state index in [0.29, 0.717) is 24.3 Å². The summed E-state index contributed by atoms with van der Waals surface area (Å²) in [6.07, 6.45) is 12.5. The zero-order valence-electron chi connectivity index (χ0n) is 31.6. The Labute approximate surface area is 313 Å². The smallest absolute Gasteiger partial charge is 0.407 e. The third-order valence-corrected chi connectivity index (χ3v) is 12.2. The number of ether oxygens (including phenoxy) is 1. The van der Waals surface area contributed by atoms with E-state index in [4.69, 9.17) is 14.7 Å². The molecular weight excluding hydrogens is 665 g/mol. The van der Waals surface area contributed by atoms with Gasteiger partial charge < -0.3 is 24.8 Å². The number of methoxy groups -OCH3 is 1. The second-order valence-electron chi connectivity index (χ2n) is 15.7. The van der Waals surface area contributed by atoms with Crippen molar-refractivity contribution in [1.29, 1.82) is 0 Å². The SMILES string of the molecule is COC(=O)N[C@@H](C(=O)N1CCC[C@@H]1C1=CCC(c2ccc(C3CCC(c4cnc([C@H]5CCCN5C(=O)[C@@H](C)C(C)C)[nH]4)CC3)cc2)=N1)c1ccccc1. The number of nitrogens with zero attached hydrogens (tertiary/aromatic N) is 4. The highest BCUT2D eigenvalue weighted by molar-refractivity contribution is 6.03. The molecule has 1 aromatic heterocycles. The normalized spacial score (nSPS) is 24.2. The molecule has 3 aliphatic heterocycles. The van der Waals surface area contributed by atoms with E-state index in [1.807, 2.05) is 48.4 Å². The Morgan fingerprint density at radius 1 is 0.830 bits per heavy atom. The predicted molar refractivity (Wildman–Crippen MR) is 205 cm³/mol. The van der Waals surface area contributed by atoms with Crippen molar-refractivity contribution in [2.75, 3.05) is 20.2 Å². The van der Waals surface area contributed by atoms with Crippen molar-refractivity contribution in [3.63, 3.8) is 0 Å². The fraction of sp³-hybridized carbons (Fsp3) is 0.512. The van der Waals surface area contributed by atoms with Crippen LogP contribution >= 0.6 is 0 Å². The maximum absolute atomic E-state index is 13.9. The largest absolute Gasteiger partial charge is 0.453 e. The van der Waals surface area contributed by atoms with E-state index in [2.05, 4.69) is 59.4 Å². The Balaban J connectivity index is 0.950. The van der Waals surface area contributed by atoms with Crippen LogP contribution in [0.5, 0.6) is 0 Å². The van der Waals surface area contributed by atoms with Gasteiger partial charge in [0.2, 0.25) is 11.8 Å². The van der Waals surface area contributed by atoms with E-state index in [1.54, 1.807) is 0 Å². The third kappa shape index (κ3) is 7.82. The van der Waals surface area contributed by atoms with Gasteiger partial charge in [0.1, 0.15) is 11.9 Å². The average Bonchev–Trinajstić information content (AvgIpc) is 4.03. The van der Waals surface area contributed by atoms with E-state index in [0.717, 1.165) is 92.7 Å². The van der Waals surface area contributed by atoms with Crippen molar-refractivity contribution in [3.05, 3.63) is 101 Å². The van der Waals surface area contributed by atoms with E-state index in [1.165, 1.54) is 18.4 Å². The minimum Gasteiger partial charge on any atom is -0.453 e. The van der Waals surface area contributed by atoms with E-state index >= 15 is 0 Å². The molecule has 3 fully saturated rings. The highest BCUT2D eigenvalue weighted by Gasteiger charge is 2.38. The van der Waals surface area contributed by atoms with E-state index in [-0.39, 0.29) is 29.8 Å². The molecule has 1 saturated carbocycles. The first kappa shape index (κ1) is 36.6. The van der Waals surface area contributed by atoms with Crippen LogP contribution in [0.25, 0.3) is 0 Å². The lowest BCUT2D eigenvalue weighted by Crippen LogP contribution is -2.45. The maximum Gasteiger partial charge on any atom is 0.407 e. The van der Waals surface area contributed by atoms with Gasteiger partial charge in [-0.05, 0) is 79.9 Å². The quantitative estimate of drug-likeness (QED) is 0.220. The molecule has 2 aromatic carbocycles. The Morgan fingerprint density at radius 2 is 1.49 bits per heavy atom. The lowest BCUT2D eigenvalue weighted by Gasteiger charge is -2.29. The molecule has 53 heavy (non-hydrogen) atoms. The zero-order chi connectivity index (χ0) is 37.1. The van der Waals surface area contributed by atoms with Gasteiger partial charge in [-0.25, -0.2) is 9.78 Å². The van der Waals surface area contributed by atoms with Crippen LogP contribution in [-0.2, 0) is 14.3 Å². The number of benzene rings is 2. The Kier molecular flexibility index (Phi) is 11.1. The van der Waals surface area contributed by atoms with Crippen LogP contribution in [0.15, 0.2) is 77.6 Å². The number of aromatic amines is 1. The lowest BCUT2D eigenvalue weighted by atomic mass is 9.77. The number of amides is 3. The Morgan fingerprint density at radius 3 is 2.17 bits per heavy atom. The van der Waals surface area contributed by atoms with Gasteiger partial charge in [-0.1, -0.05) is 81.4 Å². The number of nitrogens with one attached hydrogen (secondary N) is 2. The first-order valence-electron chi connectivity index (χ1n) is 19.6. The summed E-state index contributed by atoms with van der Waals surface area (Å²) in [5.41, 5.74) is 6.38. The van der Waals surface area contributed by atoms with Crippen molar-refractivity contribution in [3.8, 4) is 0 Å². The molecule has 3 aromatic rings. The number of aromatic nitrogens is 2. The van der Waals surface area contributed by atoms with Crippen molar-refractivity contribution < 1.29 is 19.1 Å². The summed E-state index contributed by atoms with van der Waals surface area (Å²) in [4.78, 5) is 56.7. The van der Waals surface area contributed by atoms with Crippen LogP contribution in [0, 0.1) is 11.8 Å². The number of rotatable bonds is 10. The summed E-state index contributed by atoms with van der Waals surface area (Å²) in [6.45, 7) is 7.72. The molecule has 4 atom stereocenters. The number of hydrogen-bond donors (Lipinski definition) is 2. The lowest BCUT2D eigenvalue weighted by molar-refractivity contribution is -0.137. The number of likely N-dealkylation sites (tertiary alicyclic amines) is 2. The first-order chi connectivity index (χ1) is 25.7. The standard InChI is InChI=1S/C43H54N6O4/c1-27(2)28(3)41(50)49-25-9-13-38(49)40-44-26-36(46-40)32-20-16-30(17-21-32)29-14-18-31(19-15-29)34-22-23-35(45-34)37-12-8-24-48(37)42(51)39(47-43(52)53-4)33-10-6-5-7-11-33/h5-7,10-11,14-15,18-19,23,26-28,30,32,37-39H,8-9,12-13,16-17,20-22,24-25H2,1-4H3,(H,44,46)(H,47,52)/t28-,30?,32?,37+,38+,39+/m0/s1. The topological polar surface area (TPSA) is 120 Å². The van der Waals surface area contributed by atoms with Crippen LogP contribution in [-0.4, -0.2) is 69.6 Å². The Bertz CT molecular complexity index is 1820. The van der Waals surface area contributed by atoms with Crippen molar-refractivity contribution in [2.24, 2.45) is 16.8 Å². The highest BCUT2D eigenvalue weighted by Crippen LogP contribution is 2.41. The van der Waals surface area contributed by atoms with Crippen LogP contribution in [0.4, 0.5) is 4.79 Å². The van der Waals surface area contributed by atoms with Gasteiger partial charge in [0.05, 0.1) is 30.6 Å². The Hall–Kier alpha value is -4.73. The van der Waals surface area contributed by atoms with Gasteiger partial charge >= 0.3 is 6.09 Å². The molecule has 0 radical (unpaired) electrons. The van der Waals surface area contributed by atoms with Gasteiger partial charge in [-0.15, -0.1) is 0 Å². The number of carbonyl (C=O) groups is 3. The fourth-order valence-electron chi connectivity index (χ4n) is 8.73.